The van der Waals surface area contributed by atoms with Crippen LogP contribution in [-0.4, -0.2) is 18.6 Å². The number of aromatic nitrogens is 1. The molecule has 112 valence electrons. The smallest absolute Gasteiger partial charge is 0.146 e. The third-order valence-electron chi connectivity index (χ3n) is 3.71. The molecular weight excluding hydrogens is 329 g/mol. The van der Waals surface area contributed by atoms with E-state index in [1.54, 1.807) is 0 Å². The monoisotopic (exact) mass is 343 g/mol. The zero-order valence-electron chi connectivity index (χ0n) is 11.5. The number of nitrogens with one attached hydrogen (secondary N) is 1. The van der Waals surface area contributed by atoms with Gasteiger partial charge in [0.05, 0.1) is 10.0 Å². The molecule has 1 N–H and O–H groups in total. The second-order valence-electron chi connectivity index (χ2n) is 4.81. The standard InChI is InChI=1S/C15H15Cl2N3.ClH/c1-18-20-8-6-11(12-3-2-7-19-15(12)20)10-4-5-13(16)14(17)9-10;/h2-5,7,9,11,18H,6,8H2,1H3;1H. The Morgan fingerprint density at radius 2 is 2.05 bits per heavy atom. The van der Waals surface area contributed by atoms with E-state index < -0.39 is 0 Å². The fraction of sp³-hybridized carbons (Fsp3) is 0.267. The van der Waals surface area contributed by atoms with Gasteiger partial charge in [-0.15, -0.1) is 12.4 Å². The maximum Gasteiger partial charge on any atom is 0.146 e. The Morgan fingerprint density at radius 3 is 2.76 bits per heavy atom. The molecule has 0 saturated carbocycles. The third-order valence-corrected chi connectivity index (χ3v) is 4.44. The molecule has 1 atom stereocenters. The SMILES string of the molecule is CNN1CCC(c2ccc(Cl)c(Cl)c2)c2cccnc21.Cl. The number of rotatable bonds is 2. The second kappa shape index (κ2) is 6.84. The van der Waals surface area contributed by atoms with Crippen molar-refractivity contribution in [2.75, 3.05) is 18.6 Å². The predicted octanol–water partition coefficient (Wildman–Crippen LogP) is 4.29. The van der Waals surface area contributed by atoms with Gasteiger partial charge in [-0.3, -0.25) is 5.01 Å². The number of hydrogen-bond donors (Lipinski definition) is 1. The van der Waals surface area contributed by atoms with E-state index in [0.29, 0.717) is 16.0 Å². The summed E-state index contributed by atoms with van der Waals surface area (Å²) in [6, 6.07) is 9.96. The highest BCUT2D eigenvalue weighted by molar-refractivity contribution is 6.42. The molecule has 0 radical (unpaired) electrons. The van der Waals surface area contributed by atoms with Gasteiger partial charge in [0.15, 0.2) is 0 Å². The molecule has 0 amide bonds. The molecule has 3 nitrogen and oxygen atoms in total. The highest BCUT2D eigenvalue weighted by Crippen LogP contribution is 2.38. The van der Waals surface area contributed by atoms with E-state index in [9.17, 15) is 0 Å². The van der Waals surface area contributed by atoms with Crippen LogP contribution in [0.2, 0.25) is 10.0 Å². The van der Waals surface area contributed by atoms with Crippen LogP contribution in [0, 0.1) is 0 Å². The Labute approximate surface area is 140 Å². The summed E-state index contributed by atoms with van der Waals surface area (Å²) >= 11 is 12.1. The Bertz CT molecular complexity index is 633. The second-order valence-corrected chi connectivity index (χ2v) is 5.62. The van der Waals surface area contributed by atoms with E-state index in [1.807, 2.05) is 37.5 Å². The molecule has 0 saturated heterocycles. The van der Waals surface area contributed by atoms with Gasteiger partial charge in [0.2, 0.25) is 0 Å². The Kier molecular flexibility index (Phi) is 5.33. The highest BCUT2D eigenvalue weighted by Gasteiger charge is 2.26. The van der Waals surface area contributed by atoms with Crippen LogP contribution in [0.5, 0.6) is 0 Å². The molecule has 21 heavy (non-hydrogen) atoms. The quantitative estimate of drug-likeness (QED) is 0.881. The van der Waals surface area contributed by atoms with E-state index >= 15 is 0 Å². The van der Waals surface area contributed by atoms with Crippen LogP contribution in [0.3, 0.4) is 0 Å². The van der Waals surface area contributed by atoms with Gasteiger partial charge in [-0.25, -0.2) is 10.4 Å². The summed E-state index contributed by atoms with van der Waals surface area (Å²) in [5.74, 6) is 1.29. The molecule has 0 bridgehead atoms. The van der Waals surface area contributed by atoms with Gasteiger partial charge in [0.25, 0.3) is 0 Å². The maximum absolute atomic E-state index is 6.15. The number of fused-ring (bicyclic) bond motifs is 1. The lowest BCUT2D eigenvalue weighted by atomic mass is 9.86. The fourth-order valence-electron chi connectivity index (χ4n) is 2.72. The van der Waals surface area contributed by atoms with Gasteiger partial charge < -0.3 is 0 Å². The van der Waals surface area contributed by atoms with Crippen LogP contribution >= 0.6 is 35.6 Å². The number of benzene rings is 1. The van der Waals surface area contributed by atoms with Crippen LogP contribution in [0.4, 0.5) is 5.82 Å². The molecule has 6 heteroatoms. The molecule has 1 aliphatic rings. The van der Waals surface area contributed by atoms with Crippen molar-refractivity contribution in [2.24, 2.45) is 0 Å². The van der Waals surface area contributed by atoms with E-state index in [-0.39, 0.29) is 12.4 Å². The number of hydrazine groups is 1. The minimum absolute atomic E-state index is 0. The van der Waals surface area contributed by atoms with Crippen molar-refractivity contribution in [3.05, 3.63) is 57.7 Å². The first-order valence-corrected chi connectivity index (χ1v) is 7.31. The van der Waals surface area contributed by atoms with Crippen molar-refractivity contribution >= 4 is 41.4 Å². The maximum atomic E-state index is 6.15. The first-order chi connectivity index (χ1) is 9.70. The van der Waals surface area contributed by atoms with E-state index in [0.717, 1.165) is 18.8 Å². The molecule has 0 aliphatic carbocycles. The summed E-state index contributed by atoms with van der Waals surface area (Å²) in [6.07, 6.45) is 2.83. The molecule has 1 unspecified atom stereocenters. The summed E-state index contributed by atoms with van der Waals surface area (Å²) in [5.41, 5.74) is 5.58. The van der Waals surface area contributed by atoms with Crippen molar-refractivity contribution in [2.45, 2.75) is 12.3 Å². The lowest BCUT2D eigenvalue weighted by Crippen LogP contribution is -2.40. The van der Waals surface area contributed by atoms with Gasteiger partial charge in [0.1, 0.15) is 5.82 Å². The van der Waals surface area contributed by atoms with Gasteiger partial charge in [-0.05, 0) is 30.2 Å². The van der Waals surface area contributed by atoms with Crippen molar-refractivity contribution in [3.8, 4) is 0 Å². The number of nitrogens with zero attached hydrogens (tertiary/aromatic N) is 2. The topological polar surface area (TPSA) is 28.2 Å². The first kappa shape index (κ1) is 16.4. The Hall–Kier alpha value is -1.00. The zero-order valence-corrected chi connectivity index (χ0v) is 13.8. The van der Waals surface area contributed by atoms with Crippen molar-refractivity contribution in [1.29, 1.82) is 0 Å². The van der Waals surface area contributed by atoms with Crippen LogP contribution < -0.4 is 10.4 Å². The average Bonchev–Trinajstić information content (AvgIpc) is 2.49. The Morgan fingerprint density at radius 1 is 1.24 bits per heavy atom. The molecule has 2 heterocycles. The number of halogens is 3. The lowest BCUT2D eigenvalue weighted by molar-refractivity contribution is 0.583. The summed E-state index contributed by atoms with van der Waals surface area (Å²) in [5, 5.41) is 3.27. The fourth-order valence-corrected chi connectivity index (χ4v) is 3.03. The summed E-state index contributed by atoms with van der Waals surface area (Å²) in [4.78, 5) is 4.49. The first-order valence-electron chi connectivity index (χ1n) is 6.55. The summed E-state index contributed by atoms with van der Waals surface area (Å²) < 4.78 is 0. The highest BCUT2D eigenvalue weighted by atomic mass is 35.5. The van der Waals surface area contributed by atoms with Crippen molar-refractivity contribution < 1.29 is 0 Å². The van der Waals surface area contributed by atoms with Crippen LogP contribution in [-0.2, 0) is 0 Å². The van der Waals surface area contributed by atoms with Gasteiger partial charge in [-0.2, -0.15) is 0 Å². The molecule has 1 aromatic heterocycles. The van der Waals surface area contributed by atoms with Crippen LogP contribution in [0.25, 0.3) is 0 Å². The van der Waals surface area contributed by atoms with E-state index in [4.69, 9.17) is 23.2 Å². The van der Waals surface area contributed by atoms with Crippen molar-refractivity contribution in [3.63, 3.8) is 0 Å². The van der Waals surface area contributed by atoms with E-state index in [1.165, 1.54) is 11.1 Å². The predicted molar refractivity (Wildman–Crippen MR) is 90.8 cm³/mol. The minimum Gasteiger partial charge on any atom is -0.292 e. The lowest BCUT2D eigenvalue weighted by Gasteiger charge is -2.34. The third kappa shape index (κ3) is 3.11. The normalized spacial score (nSPS) is 17.1. The molecule has 2 aromatic rings. The van der Waals surface area contributed by atoms with Crippen LogP contribution in [0.15, 0.2) is 36.5 Å². The zero-order chi connectivity index (χ0) is 14.1. The van der Waals surface area contributed by atoms with Crippen LogP contribution in [0.1, 0.15) is 23.5 Å². The Balaban J connectivity index is 0.00000161. The largest absolute Gasteiger partial charge is 0.292 e. The minimum atomic E-state index is 0. The molecule has 0 spiro atoms. The number of pyridine rings is 1. The van der Waals surface area contributed by atoms with Crippen molar-refractivity contribution in [1.82, 2.24) is 10.4 Å². The molecule has 1 aromatic carbocycles. The molecular formula is C15H16Cl3N3. The summed E-state index contributed by atoms with van der Waals surface area (Å²) in [7, 11) is 1.91. The van der Waals surface area contributed by atoms with Gasteiger partial charge in [-0.1, -0.05) is 35.3 Å². The average molecular weight is 345 g/mol. The van der Waals surface area contributed by atoms with E-state index in [2.05, 4.69) is 21.5 Å². The number of anilines is 1. The molecule has 0 fully saturated rings. The molecule has 1 aliphatic heterocycles. The molecule has 3 rings (SSSR count). The van der Waals surface area contributed by atoms with Gasteiger partial charge >= 0.3 is 0 Å². The van der Waals surface area contributed by atoms with Gasteiger partial charge in [0, 0.05) is 31.3 Å². The number of hydrogen-bond acceptors (Lipinski definition) is 3. The summed E-state index contributed by atoms with van der Waals surface area (Å²) in [6.45, 7) is 0.908.